The Morgan fingerprint density at radius 2 is 2.04 bits per heavy atom. The Kier molecular flexibility index (Phi) is 3.89. The van der Waals surface area contributed by atoms with Crippen LogP contribution in [-0.4, -0.2) is 22.2 Å². The molecule has 0 aliphatic carbocycles. The van der Waals surface area contributed by atoms with E-state index in [9.17, 15) is 18.0 Å². The van der Waals surface area contributed by atoms with Crippen LogP contribution in [0.4, 0.5) is 18.9 Å². The third kappa shape index (κ3) is 2.73. The van der Waals surface area contributed by atoms with Crippen molar-refractivity contribution in [2.75, 3.05) is 11.4 Å². The second-order valence-corrected chi connectivity index (χ2v) is 6.71. The van der Waals surface area contributed by atoms with Crippen molar-refractivity contribution in [2.45, 2.75) is 26.1 Å². The van der Waals surface area contributed by atoms with Gasteiger partial charge in [-0.1, -0.05) is 0 Å². The topological polar surface area (TPSA) is 38.1 Å². The van der Waals surface area contributed by atoms with Gasteiger partial charge in [0.25, 0.3) is 5.91 Å². The summed E-state index contributed by atoms with van der Waals surface area (Å²) in [6.07, 6.45) is -2.78. The zero-order valence-electron chi connectivity index (χ0n) is 12.4. The van der Waals surface area contributed by atoms with Gasteiger partial charge in [-0.3, -0.25) is 9.48 Å². The molecule has 3 rings (SSSR count). The quantitative estimate of drug-likeness (QED) is 0.635. The Morgan fingerprint density at radius 1 is 1.35 bits per heavy atom. The zero-order valence-corrected chi connectivity index (χ0v) is 14.5. The van der Waals surface area contributed by atoms with Crippen molar-refractivity contribution in [2.24, 2.45) is 0 Å². The molecule has 0 N–H and O–H groups in total. The van der Waals surface area contributed by atoms with Gasteiger partial charge in [-0.25, -0.2) is 0 Å². The van der Waals surface area contributed by atoms with Crippen LogP contribution in [0.15, 0.2) is 24.4 Å². The van der Waals surface area contributed by atoms with Crippen LogP contribution < -0.4 is 4.90 Å². The van der Waals surface area contributed by atoms with E-state index in [1.54, 1.807) is 10.9 Å². The van der Waals surface area contributed by atoms with Gasteiger partial charge in [-0.2, -0.15) is 18.3 Å². The molecule has 0 saturated heterocycles. The second-order valence-electron chi connectivity index (χ2n) is 5.55. The first-order valence-corrected chi connectivity index (χ1v) is 8.00. The van der Waals surface area contributed by atoms with E-state index in [4.69, 9.17) is 0 Å². The summed E-state index contributed by atoms with van der Waals surface area (Å²) in [5, 5.41) is 4.19. The number of nitrogens with zero attached hydrogens (tertiary/aromatic N) is 3. The lowest BCUT2D eigenvalue weighted by Gasteiger charge is -2.32. The zero-order chi connectivity index (χ0) is 16.9. The number of fused-ring (bicyclic) bond motifs is 1. The molecule has 2 aromatic rings. The largest absolute Gasteiger partial charge is 0.416 e. The molecule has 1 aromatic heterocycles. The van der Waals surface area contributed by atoms with Gasteiger partial charge in [0.05, 0.1) is 21.4 Å². The number of amides is 1. The average Bonchev–Trinajstić information content (AvgIpc) is 2.84. The molecular weight excluding hydrogens is 422 g/mol. The molecule has 1 aliphatic rings. The Labute approximate surface area is 144 Å². The summed E-state index contributed by atoms with van der Waals surface area (Å²) in [6, 6.07) is 3.74. The molecule has 122 valence electrons. The summed E-state index contributed by atoms with van der Waals surface area (Å²) in [7, 11) is 0. The van der Waals surface area contributed by atoms with Crippen LogP contribution in [0.1, 0.15) is 34.6 Å². The molecular formula is C15H13F3IN3O. The molecule has 0 saturated carbocycles. The summed E-state index contributed by atoms with van der Waals surface area (Å²) in [5.74, 6) is -0.246. The molecule has 0 bridgehead atoms. The number of alkyl halides is 3. The maximum absolute atomic E-state index is 12.9. The number of carbonyl (C=O) groups is 1. The summed E-state index contributed by atoms with van der Waals surface area (Å²) >= 11 is 2.04. The highest BCUT2D eigenvalue weighted by Gasteiger charge is 2.35. The number of rotatable bonds is 1. The molecule has 1 amide bonds. The fourth-order valence-corrected chi connectivity index (χ4v) is 3.39. The molecule has 1 aromatic carbocycles. The van der Waals surface area contributed by atoms with Gasteiger partial charge in [0.15, 0.2) is 0 Å². The van der Waals surface area contributed by atoms with Crippen molar-refractivity contribution in [3.05, 3.63) is 44.8 Å². The number of hydrogen-bond donors (Lipinski definition) is 0. The maximum atomic E-state index is 12.9. The van der Waals surface area contributed by atoms with Crippen molar-refractivity contribution in [3.8, 4) is 0 Å². The lowest BCUT2D eigenvalue weighted by atomic mass is 10.1. The molecule has 0 fully saturated rings. The lowest BCUT2D eigenvalue weighted by Crippen LogP contribution is -2.43. The molecule has 1 atom stereocenters. The van der Waals surface area contributed by atoms with Crippen molar-refractivity contribution in [3.63, 3.8) is 0 Å². The Balaban J connectivity index is 2.02. The van der Waals surface area contributed by atoms with Crippen LogP contribution >= 0.6 is 22.6 Å². The van der Waals surface area contributed by atoms with Crippen LogP contribution in [0.2, 0.25) is 0 Å². The van der Waals surface area contributed by atoms with E-state index in [2.05, 4.69) is 5.10 Å². The first kappa shape index (κ1) is 16.3. The monoisotopic (exact) mass is 435 g/mol. The van der Waals surface area contributed by atoms with Gasteiger partial charge in [0.2, 0.25) is 0 Å². The first-order chi connectivity index (χ1) is 10.7. The second kappa shape index (κ2) is 5.50. The summed E-state index contributed by atoms with van der Waals surface area (Å²) in [4.78, 5) is 14.2. The van der Waals surface area contributed by atoms with Crippen molar-refractivity contribution in [1.82, 2.24) is 9.78 Å². The van der Waals surface area contributed by atoms with Gasteiger partial charge in [-0.15, -0.1) is 0 Å². The third-order valence-electron chi connectivity index (χ3n) is 3.89. The van der Waals surface area contributed by atoms with Crippen LogP contribution in [-0.2, 0) is 6.18 Å². The van der Waals surface area contributed by atoms with Gasteiger partial charge in [0.1, 0.15) is 5.69 Å². The molecule has 0 radical (unpaired) electrons. The number of hydrogen-bond acceptors (Lipinski definition) is 2. The van der Waals surface area contributed by atoms with Crippen molar-refractivity contribution in [1.29, 1.82) is 0 Å². The van der Waals surface area contributed by atoms with Gasteiger partial charge in [0, 0.05) is 12.2 Å². The number of anilines is 1. The Bertz CT molecular complexity index is 785. The molecule has 1 aliphatic heterocycles. The summed E-state index contributed by atoms with van der Waals surface area (Å²) in [6.45, 7) is 3.69. The number of halogens is 4. The third-order valence-corrected chi connectivity index (χ3v) is 4.68. The molecule has 2 heterocycles. The molecule has 4 nitrogen and oxygen atoms in total. The minimum Gasteiger partial charge on any atom is -0.305 e. The van der Waals surface area contributed by atoms with Crippen LogP contribution in [0, 0.1) is 10.5 Å². The Morgan fingerprint density at radius 3 is 2.65 bits per heavy atom. The Hall–Kier alpha value is -1.58. The van der Waals surface area contributed by atoms with E-state index in [0.29, 0.717) is 17.9 Å². The predicted molar refractivity (Wildman–Crippen MR) is 87.5 cm³/mol. The minimum atomic E-state index is -4.39. The van der Waals surface area contributed by atoms with Gasteiger partial charge >= 0.3 is 6.18 Å². The van der Waals surface area contributed by atoms with Crippen molar-refractivity contribution < 1.29 is 18.0 Å². The van der Waals surface area contributed by atoms with E-state index < -0.39 is 11.7 Å². The highest BCUT2D eigenvalue weighted by Crippen LogP contribution is 2.35. The predicted octanol–water partition coefficient (Wildman–Crippen LogP) is 4.04. The van der Waals surface area contributed by atoms with Crippen molar-refractivity contribution >= 4 is 34.2 Å². The molecule has 8 heteroatoms. The van der Waals surface area contributed by atoms with E-state index in [-0.39, 0.29) is 17.5 Å². The standard InChI is InChI=1S/C15H13F3IN3O/c1-8-5-10(3-4-11(8)15(16,17)18)21-7-9(2)22-13(14(21)23)12(19)6-20-22/h3-6,9H,7H2,1-2H3/t9-/m0/s1. The summed E-state index contributed by atoms with van der Waals surface area (Å²) < 4.78 is 41.0. The van der Waals surface area contributed by atoms with E-state index in [1.807, 2.05) is 29.5 Å². The number of aromatic nitrogens is 2. The smallest absolute Gasteiger partial charge is 0.305 e. The lowest BCUT2D eigenvalue weighted by molar-refractivity contribution is -0.138. The number of aryl methyl sites for hydroxylation is 1. The van der Waals surface area contributed by atoms with E-state index in [1.165, 1.54) is 24.0 Å². The fraction of sp³-hybridized carbons (Fsp3) is 0.333. The molecule has 0 unspecified atom stereocenters. The highest BCUT2D eigenvalue weighted by atomic mass is 127. The van der Waals surface area contributed by atoms with Gasteiger partial charge < -0.3 is 4.90 Å². The SMILES string of the molecule is Cc1cc(N2C[C@H](C)n3ncc(I)c3C2=O)ccc1C(F)(F)F. The van der Waals surface area contributed by atoms with E-state index >= 15 is 0 Å². The molecule has 0 spiro atoms. The summed E-state index contributed by atoms with van der Waals surface area (Å²) in [5.41, 5.74) is 0.361. The number of carbonyl (C=O) groups excluding carboxylic acids is 1. The van der Waals surface area contributed by atoms with E-state index in [0.717, 1.165) is 9.64 Å². The van der Waals surface area contributed by atoms with Gasteiger partial charge in [-0.05, 0) is 60.2 Å². The van der Waals surface area contributed by atoms with Crippen LogP contribution in [0.25, 0.3) is 0 Å². The van der Waals surface area contributed by atoms with Crippen LogP contribution in [0.3, 0.4) is 0 Å². The van der Waals surface area contributed by atoms with Crippen LogP contribution in [0.5, 0.6) is 0 Å². The number of benzene rings is 1. The maximum Gasteiger partial charge on any atom is 0.416 e. The fourth-order valence-electron chi connectivity index (χ4n) is 2.78. The average molecular weight is 435 g/mol. The normalized spacial score (nSPS) is 18.3. The molecule has 23 heavy (non-hydrogen) atoms. The first-order valence-electron chi connectivity index (χ1n) is 6.93. The minimum absolute atomic E-state index is 0.0474. The highest BCUT2D eigenvalue weighted by molar-refractivity contribution is 14.1.